The molecule has 0 saturated heterocycles. The van der Waals surface area contributed by atoms with Gasteiger partial charge in [-0.1, -0.05) is 34.1 Å². The molecule has 0 heterocycles. The van der Waals surface area contributed by atoms with E-state index in [9.17, 15) is 5.26 Å². The average Bonchev–Trinajstić information content (AvgIpc) is 2.91. The molecular formula is C23H37N. The van der Waals surface area contributed by atoms with Crippen molar-refractivity contribution < 1.29 is 0 Å². The molecule has 0 amide bonds. The highest BCUT2D eigenvalue weighted by Crippen LogP contribution is 2.68. The van der Waals surface area contributed by atoms with Crippen molar-refractivity contribution in [3.63, 3.8) is 0 Å². The fraction of sp³-hybridized carbons (Fsp3) is 0.957. The number of hydrogen-bond donors (Lipinski definition) is 0. The highest BCUT2D eigenvalue weighted by molar-refractivity contribution is 5.13. The summed E-state index contributed by atoms with van der Waals surface area (Å²) >= 11 is 0. The normalized spacial score (nSPS) is 56.7. The summed E-state index contributed by atoms with van der Waals surface area (Å²) in [6.45, 7) is 10.1. The van der Waals surface area contributed by atoms with Gasteiger partial charge in [-0.25, -0.2) is 0 Å². The molecule has 4 aliphatic rings. The molecule has 24 heavy (non-hydrogen) atoms. The molecule has 0 spiro atoms. The van der Waals surface area contributed by atoms with E-state index in [1.165, 1.54) is 57.8 Å². The molecule has 4 rings (SSSR count). The van der Waals surface area contributed by atoms with Gasteiger partial charge in [-0.05, 0) is 97.7 Å². The van der Waals surface area contributed by atoms with E-state index in [1.54, 1.807) is 0 Å². The van der Waals surface area contributed by atoms with Gasteiger partial charge < -0.3 is 0 Å². The molecule has 9 atom stereocenters. The minimum atomic E-state index is 0.337. The summed E-state index contributed by atoms with van der Waals surface area (Å²) in [7, 11) is 0. The van der Waals surface area contributed by atoms with Crippen molar-refractivity contribution in [2.45, 2.75) is 85.5 Å². The Morgan fingerprint density at radius 2 is 1.54 bits per heavy atom. The second-order valence-electron chi connectivity index (χ2n) is 10.5. The van der Waals surface area contributed by atoms with Crippen LogP contribution in [0.3, 0.4) is 0 Å². The molecule has 0 radical (unpaired) electrons. The molecule has 0 aromatic rings. The molecule has 4 fully saturated rings. The first-order chi connectivity index (χ1) is 11.5. The van der Waals surface area contributed by atoms with E-state index < -0.39 is 0 Å². The molecule has 0 aromatic heterocycles. The van der Waals surface area contributed by atoms with Crippen molar-refractivity contribution >= 4 is 0 Å². The number of nitriles is 1. The van der Waals surface area contributed by atoms with Crippen LogP contribution in [0.4, 0.5) is 0 Å². The molecule has 0 aromatic carbocycles. The van der Waals surface area contributed by atoms with Gasteiger partial charge in [-0.2, -0.15) is 5.26 Å². The monoisotopic (exact) mass is 327 g/mol. The van der Waals surface area contributed by atoms with Crippen LogP contribution in [0.2, 0.25) is 0 Å². The molecule has 0 unspecified atom stereocenters. The third-order valence-electron chi connectivity index (χ3n) is 9.96. The SMILES string of the molecule is CC[C@H]1[C@H](C)CC[C@]2(C)[C@H]3CC[C@]4(C)[C@@H](C#N)CC[C@H]4[C@@H]3CC[C@@H]12. The van der Waals surface area contributed by atoms with Crippen molar-refractivity contribution in [2.75, 3.05) is 0 Å². The third kappa shape index (κ3) is 2.10. The first kappa shape index (κ1) is 16.9. The minimum Gasteiger partial charge on any atom is -0.198 e. The molecule has 0 N–H and O–H groups in total. The van der Waals surface area contributed by atoms with E-state index >= 15 is 0 Å². The molecule has 4 aliphatic carbocycles. The van der Waals surface area contributed by atoms with Crippen LogP contribution < -0.4 is 0 Å². The lowest BCUT2D eigenvalue weighted by atomic mass is 9.42. The standard InChI is InChI=1S/C23H37N/c1-5-17-15(2)10-12-23(4)19(17)9-7-18-20-8-6-16(14-24)22(20,3)13-11-21(18)23/h15-21H,5-13H2,1-4H3/t15-,16-,17+,18+,19+,20+,21+,22-,23+/m1/s1. The van der Waals surface area contributed by atoms with Crippen LogP contribution >= 0.6 is 0 Å². The fourth-order valence-electron chi connectivity index (χ4n) is 8.61. The summed E-state index contributed by atoms with van der Waals surface area (Å²) in [6, 6.07) is 2.69. The van der Waals surface area contributed by atoms with E-state index in [4.69, 9.17) is 0 Å². The Morgan fingerprint density at radius 3 is 2.25 bits per heavy atom. The maximum Gasteiger partial charge on any atom is 0.0661 e. The van der Waals surface area contributed by atoms with Gasteiger partial charge in [0.05, 0.1) is 12.0 Å². The second-order valence-corrected chi connectivity index (χ2v) is 10.5. The molecule has 134 valence electrons. The lowest BCUT2D eigenvalue weighted by Crippen LogP contribution is -2.55. The molecule has 0 aliphatic heterocycles. The topological polar surface area (TPSA) is 23.8 Å². The number of fused-ring (bicyclic) bond motifs is 5. The molecule has 1 nitrogen and oxygen atoms in total. The predicted octanol–water partition coefficient (Wildman–Crippen LogP) is 6.44. The Bertz CT molecular complexity index is 533. The highest BCUT2D eigenvalue weighted by atomic mass is 14.7. The van der Waals surface area contributed by atoms with Crippen molar-refractivity contribution in [2.24, 2.45) is 52.3 Å². The van der Waals surface area contributed by atoms with Crippen LogP contribution in [0, 0.1) is 63.6 Å². The maximum absolute atomic E-state index is 9.65. The average molecular weight is 328 g/mol. The Kier molecular flexibility index (Phi) is 4.06. The highest BCUT2D eigenvalue weighted by Gasteiger charge is 2.61. The van der Waals surface area contributed by atoms with E-state index in [-0.39, 0.29) is 0 Å². The van der Waals surface area contributed by atoms with Gasteiger partial charge >= 0.3 is 0 Å². The van der Waals surface area contributed by atoms with Crippen molar-refractivity contribution in [3.05, 3.63) is 0 Å². The van der Waals surface area contributed by atoms with Crippen LogP contribution in [0.15, 0.2) is 0 Å². The largest absolute Gasteiger partial charge is 0.198 e. The van der Waals surface area contributed by atoms with Crippen LogP contribution in [0.25, 0.3) is 0 Å². The zero-order valence-electron chi connectivity index (χ0n) is 16.4. The first-order valence-corrected chi connectivity index (χ1v) is 10.8. The van der Waals surface area contributed by atoms with Crippen molar-refractivity contribution in [1.82, 2.24) is 0 Å². The van der Waals surface area contributed by atoms with Crippen LogP contribution in [0.1, 0.15) is 85.5 Å². The lowest BCUT2D eigenvalue weighted by Gasteiger charge is -2.62. The Morgan fingerprint density at radius 1 is 0.875 bits per heavy atom. The second kappa shape index (κ2) is 5.75. The first-order valence-electron chi connectivity index (χ1n) is 10.8. The molecule has 4 saturated carbocycles. The van der Waals surface area contributed by atoms with Crippen LogP contribution in [0.5, 0.6) is 0 Å². The van der Waals surface area contributed by atoms with E-state index in [2.05, 4.69) is 33.8 Å². The van der Waals surface area contributed by atoms with Gasteiger partial charge in [0, 0.05) is 0 Å². The Hall–Kier alpha value is -0.510. The third-order valence-corrected chi connectivity index (χ3v) is 9.96. The van der Waals surface area contributed by atoms with Crippen molar-refractivity contribution in [3.8, 4) is 6.07 Å². The Labute approximate surface area is 149 Å². The summed E-state index contributed by atoms with van der Waals surface area (Å²) in [5.74, 6) is 5.94. The summed E-state index contributed by atoms with van der Waals surface area (Å²) < 4.78 is 0. The zero-order chi connectivity index (χ0) is 17.1. The van der Waals surface area contributed by atoms with E-state index in [0.29, 0.717) is 16.7 Å². The fourth-order valence-corrected chi connectivity index (χ4v) is 8.61. The van der Waals surface area contributed by atoms with Gasteiger partial charge in [-0.3, -0.25) is 0 Å². The van der Waals surface area contributed by atoms with Gasteiger partial charge in [-0.15, -0.1) is 0 Å². The van der Waals surface area contributed by atoms with Crippen LogP contribution in [-0.4, -0.2) is 0 Å². The Balaban J connectivity index is 1.64. The smallest absolute Gasteiger partial charge is 0.0661 e. The summed E-state index contributed by atoms with van der Waals surface area (Å²) in [5, 5.41) is 9.65. The van der Waals surface area contributed by atoms with Gasteiger partial charge in [0.15, 0.2) is 0 Å². The van der Waals surface area contributed by atoms with Gasteiger partial charge in [0.1, 0.15) is 0 Å². The molecule has 0 bridgehead atoms. The molecule has 1 heteroatoms. The van der Waals surface area contributed by atoms with Crippen LogP contribution in [-0.2, 0) is 0 Å². The number of hydrogen-bond acceptors (Lipinski definition) is 1. The predicted molar refractivity (Wildman–Crippen MR) is 99.2 cm³/mol. The van der Waals surface area contributed by atoms with E-state index in [1.807, 2.05) is 0 Å². The maximum atomic E-state index is 9.65. The summed E-state index contributed by atoms with van der Waals surface area (Å²) in [5.41, 5.74) is 0.938. The summed E-state index contributed by atoms with van der Waals surface area (Å²) in [6.07, 6.45) is 12.5. The molecular weight excluding hydrogens is 290 g/mol. The zero-order valence-corrected chi connectivity index (χ0v) is 16.4. The lowest BCUT2D eigenvalue weighted by molar-refractivity contribution is -0.134. The van der Waals surface area contributed by atoms with E-state index in [0.717, 1.165) is 35.5 Å². The van der Waals surface area contributed by atoms with Gasteiger partial charge in [0.2, 0.25) is 0 Å². The van der Waals surface area contributed by atoms with Gasteiger partial charge in [0.25, 0.3) is 0 Å². The summed E-state index contributed by atoms with van der Waals surface area (Å²) in [4.78, 5) is 0. The quantitative estimate of drug-likeness (QED) is 0.543. The number of nitrogens with zero attached hydrogens (tertiary/aromatic N) is 1. The number of rotatable bonds is 1. The van der Waals surface area contributed by atoms with Crippen molar-refractivity contribution in [1.29, 1.82) is 5.26 Å². The minimum absolute atomic E-state index is 0.337.